The molecule has 0 saturated heterocycles. The van der Waals surface area contributed by atoms with Crippen molar-refractivity contribution in [3.05, 3.63) is 0 Å². The molecule has 0 spiro atoms. The third-order valence-corrected chi connectivity index (χ3v) is 1.05. The van der Waals surface area contributed by atoms with E-state index in [1.54, 1.807) is 0 Å². The third kappa shape index (κ3) is 5.36. The van der Waals surface area contributed by atoms with E-state index in [4.69, 9.17) is 10.2 Å². The Morgan fingerprint density at radius 1 is 1.17 bits per heavy atom. The van der Waals surface area contributed by atoms with Crippen LogP contribution >= 0.6 is 0 Å². The number of hydrogen-bond acceptors (Lipinski definition) is 4. The summed E-state index contributed by atoms with van der Waals surface area (Å²) in [5.74, 6) is -2.31. The number of nitrogens with zero attached hydrogens (tertiary/aromatic N) is 1. The van der Waals surface area contributed by atoms with Gasteiger partial charge >= 0.3 is 11.9 Å². The molecule has 68 valence electrons. The molecule has 6 heteroatoms. The first kappa shape index (κ1) is 10.6. The van der Waals surface area contributed by atoms with Crippen molar-refractivity contribution in [2.75, 3.05) is 19.6 Å². The summed E-state index contributed by atoms with van der Waals surface area (Å²) in [5, 5.41) is 16.5. The van der Waals surface area contributed by atoms with Crippen molar-refractivity contribution in [1.29, 1.82) is 0 Å². The minimum absolute atomic E-state index is 0.182. The number of aldehydes is 1. The molecule has 0 aromatic carbocycles. The molecular formula is C6H9NO5. The Morgan fingerprint density at radius 2 is 1.58 bits per heavy atom. The lowest BCUT2D eigenvalue weighted by Crippen LogP contribution is -2.35. The minimum atomic E-state index is -1.15. The molecule has 0 aliphatic heterocycles. The molecular weight excluding hydrogens is 166 g/mol. The van der Waals surface area contributed by atoms with E-state index in [1.165, 1.54) is 0 Å². The summed E-state index contributed by atoms with van der Waals surface area (Å²) in [6, 6.07) is 0. The van der Waals surface area contributed by atoms with Crippen LogP contribution in [0.1, 0.15) is 0 Å². The molecule has 0 aliphatic rings. The molecule has 0 bridgehead atoms. The van der Waals surface area contributed by atoms with Gasteiger partial charge in [0.2, 0.25) is 0 Å². The summed E-state index contributed by atoms with van der Waals surface area (Å²) in [5.41, 5.74) is 0. The molecule has 0 atom stereocenters. The van der Waals surface area contributed by atoms with Crippen LogP contribution < -0.4 is 0 Å². The van der Waals surface area contributed by atoms with Crippen molar-refractivity contribution in [3.8, 4) is 0 Å². The fourth-order valence-electron chi connectivity index (χ4n) is 0.673. The minimum Gasteiger partial charge on any atom is -0.480 e. The highest BCUT2D eigenvalue weighted by Crippen LogP contribution is 1.85. The number of aliphatic carboxylic acids is 2. The van der Waals surface area contributed by atoms with Gasteiger partial charge in [0.1, 0.15) is 6.29 Å². The normalized spacial score (nSPS) is 9.75. The van der Waals surface area contributed by atoms with Crippen LogP contribution in [0, 0.1) is 0 Å². The third-order valence-electron chi connectivity index (χ3n) is 1.05. The average molecular weight is 175 g/mol. The first-order valence-electron chi connectivity index (χ1n) is 3.16. The van der Waals surface area contributed by atoms with Crippen LogP contribution in [-0.4, -0.2) is 53.0 Å². The predicted molar refractivity (Wildman–Crippen MR) is 37.8 cm³/mol. The smallest absolute Gasteiger partial charge is 0.317 e. The molecule has 0 amide bonds. The summed E-state index contributed by atoms with van der Waals surface area (Å²) >= 11 is 0. The van der Waals surface area contributed by atoms with Crippen LogP contribution in [0.2, 0.25) is 0 Å². The van der Waals surface area contributed by atoms with Gasteiger partial charge < -0.3 is 15.0 Å². The van der Waals surface area contributed by atoms with E-state index in [-0.39, 0.29) is 6.54 Å². The Labute approximate surface area is 68.4 Å². The molecule has 2 N–H and O–H groups in total. The molecule has 0 unspecified atom stereocenters. The average Bonchev–Trinajstić information content (AvgIpc) is 1.84. The van der Waals surface area contributed by atoms with Gasteiger partial charge in [-0.25, -0.2) is 0 Å². The van der Waals surface area contributed by atoms with E-state index >= 15 is 0 Å². The lowest BCUT2D eigenvalue weighted by atomic mass is 10.4. The number of carbonyl (C=O) groups is 3. The van der Waals surface area contributed by atoms with Crippen molar-refractivity contribution < 1.29 is 24.6 Å². The molecule has 0 aliphatic carbocycles. The van der Waals surface area contributed by atoms with Crippen molar-refractivity contribution in [2.45, 2.75) is 0 Å². The van der Waals surface area contributed by atoms with Gasteiger partial charge in [0.25, 0.3) is 0 Å². The van der Waals surface area contributed by atoms with Crippen molar-refractivity contribution >= 4 is 18.2 Å². The Balaban J connectivity index is 3.93. The molecule has 0 aromatic heterocycles. The van der Waals surface area contributed by atoms with E-state index in [0.717, 1.165) is 4.90 Å². The molecule has 0 fully saturated rings. The second-order valence-electron chi connectivity index (χ2n) is 2.12. The first-order chi connectivity index (χ1) is 5.56. The van der Waals surface area contributed by atoms with Gasteiger partial charge in [0.05, 0.1) is 19.6 Å². The quantitative estimate of drug-likeness (QED) is 0.485. The topological polar surface area (TPSA) is 94.9 Å². The van der Waals surface area contributed by atoms with Crippen molar-refractivity contribution in [3.63, 3.8) is 0 Å². The standard InChI is InChI=1S/C6H9NO5/c8-2-1-7(3-5(9)10)4-6(11)12/h2H,1,3-4H2,(H,9,10)(H,11,12). The van der Waals surface area contributed by atoms with Gasteiger partial charge in [-0.05, 0) is 0 Å². The van der Waals surface area contributed by atoms with Crippen LogP contribution in [0.5, 0.6) is 0 Å². The summed E-state index contributed by atoms with van der Waals surface area (Å²) in [7, 11) is 0. The molecule has 6 nitrogen and oxygen atoms in total. The van der Waals surface area contributed by atoms with Crippen LogP contribution in [0.3, 0.4) is 0 Å². The summed E-state index contributed by atoms with van der Waals surface area (Å²) in [4.78, 5) is 31.2. The Morgan fingerprint density at radius 3 is 1.83 bits per heavy atom. The second-order valence-corrected chi connectivity index (χ2v) is 2.12. The Bertz CT molecular complexity index is 174. The molecule has 0 saturated carbocycles. The van der Waals surface area contributed by atoms with Gasteiger partial charge in [-0.2, -0.15) is 0 Å². The van der Waals surface area contributed by atoms with Crippen LogP contribution in [0.15, 0.2) is 0 Å². The van der Waals surface area contributed by atoms with E-state index in [0.29, 0.717) is 6.29 Å². The van der Waals surface area contributed by atoms with Gasteiger partial charge in [-0.3, -0.25) is 14.5 Å². The van der Waals surface area contributed by atoms with Crippen molar-refractivity contribution in [1.82, 2.24) is 4.90 Å². The number of rotatable bonds is 6. The zero-order valence-corrected chi connectivity index (χ0v) is 6.27. The van der Waals surface area contributed by atoms with Crippen molar-refractivity contribution in [2.24, 2.45) is 0 Å². The number of carboxylic acids is 2. The fourth-order valence-corrected chi connectivity index (χ4v) is 0.673. The molecule has 12 heavy (non-hydrogen) atoms. The molecule has 0 rings (SSSR count). The van der Waals surface area contributed by atoms with Gasteiger partial charge in [-0.1, -0.05) is 0 Å². The van der Waals surface area contributed by atoms with Gasteiger partial charge in [-0.15, -0.1) is 0 Å². The van der Waals surface area contributed by atoms with Crippen LogP contribution in [-0.2, 0) is 14.4 Å². The number of hydrogen-bond donors (Lipinski definition) is 2. The summed E-state index contributed by atoms with van der Waals surface area (Å²) in [6.07, 6.45) is 0.464. The molecule has 0 radical (unpaired) electrons. The summed E-state index contributed by atoms with van der Waals surface area (Å²) in [6.45, 7) is -1.06. The van der Waals surface area contributed by atoms with E-state index in [1.807, 2.05) is 0 Å². The van der Waals surface area contributed by atoms with Gasteiger partial charge in [0.15, 0.2) is 0 Å². The predicted octanol–water partition coefficient (Wildman–Crippen LogP) is -1.34. The van der Waals surface area contributed by atoms with E-state index in [9.17, 15) is 14.4 Å². The molecule has 0 heterocycles. The number of carbonyl (C=O) groups excluding carboxylic acids is 1. The van der Waals surface area contributed by atoms with Crippen LogP contribution in [0.4, 0.5) is 0 Å². The SMILES string of the molecule is O=CCN(CC(=O)O)CC(=O)O. The Hall–Kier alpha value is -1.43. The maximum atomic E-state index is 10.1. The maximum Gasteiger partial charge on any atom is 0.317 e. The monoisotopic (exact) mass is 175 g/mol. The highest BCUT2D eigenvalue weighted by Gasteiger charge is 2.11. The second kappa shape index (κ2) is 5.25. The van der Waals surface area contributed by atoms with Crippen LogP contribution in [0.25, 0.3) is 0 Å². The van der Waals surface area contributed by atoms with E-state index in [2.05, 4.69) is 0 Å². The maximum absolute atomic E-state index is 10.1. The summed E-state index contributed by atoms with van der Waals surface area (Å²) < 4.78 is 0. The fraction of sp³-hybridized carbons (Fsp3) is 0.500. The van der Waals surface area contributed by atoms with E-state index < -0.39 is 25.0 Å². The lowest BCUT2D eigenvalue weighted by molar-refractivity contribution is -0.141. The lowest BCUT2D eigenvalue weighted by Gasteiger charge is -2.13. The Kier molecular flexibility index (Phi) is 4.62. The zero-order chi connectivity index (χ0) is 9.56. The zero-order valence-electron chi connectivity index (χ0n) is 6.27. The highest BCUT2D eigenvalue weighted by molar-refractivity contribution is 5.73. The van der Waals surface area contributed by atoms with Gasteiger partial charge in [0, 0.05) is 0 Å². The number of carboxylic acid groups (broad SMARTS) is 2. The first-order valence-corrected chi connectivity index (χ1v) is 3.16. The highest BCUT2D eigenvalue weighted by atomic mass is 16.4. The largest absolute Gasteiger partial charge is 0.480 e. The molecule has 0 aromatic rings.